The number of hydrogen-bond acceptors (Lipinski definition) is 5. The van der Waals surface area contributed by atoms with Crippen molar-refractivity contribution in [3.05, 3.63) is 23.6 Å². The van der Waals surface area contributed by atoms with E-state index < -0.39 is 29.1 Å². The van der Waals surface area contributed by atoms with Gasteiger partial charge >= 0.3 is 6.18 Å². The molecule has 0 aliphatic carbocycles. The Morgan fingerprint density at radius 1 is 1.23 bits per heavy atom. The molecule has 7 nitrogen and oxygen atoms in total. The number of allylic oxidation sites excluding steroid dienone is 2. The summed E-state index contributed by atoms with van der Waals surface area (Å²) in [7, 11) is 1.46. The third kappa shape index (κ3) is 8.01. The minimum Gasteiger partial charge on any atom is -0.477 e. The maximum absolute atomic E-state index is 13.5. The average molecular weight is 447 g/mol. The molecular formula is C21H32F3N3O4. The molecule has 0 spiro atoms. The van der Waals surface area contributed by atoms with Gasteiger partial charge in [0.05, 0.1) is 6.61 Å². The van der Waals surface area contributed by atoms with Gasteiger partial charge in [0.25, 0.3) is 0 Å². The monoisotopic (exact) mass is 447 g/mol. The number of rotatable bonds is 11. The number of carbonyl (C=O) groups excluding carboxylic acids is 2. The molecule has 0 saturated carbocycles. The summed E-state index contributed by atoms with van der Waals surface area (Å²) in [4.78, 5) is 27.8. The lowest BCUT2D eigenvalue weighted by molar-refractivity contribution is -0.133. The predicted octanol–water partition coefficient (Wildman–Crippen LogP) is 3.27. The lowest BCUT2D eigenvalue weighted by atomic mass is 9.91. The molecule has 0 atom stereocenters. The fraction of sp³-hybridized carbons (Fsp3) is 0.667. The second kappa shape index (κ2) is 12.5. The van der Waals surface area contributed by atoms with E-state index in [1.165, 1.54) is 7.05 Å². The van der Waals surface area contributed by atoms with Crippen molar-refractivity contribution in [3.63, 3.8) is 0 Å². The average Bonchev–Trinajstić information content (AvgIpc) is 2.76. The predicted molar refractivity (Wildman–Crippen MR) is 111 cm³/mol. The molecule has 1 aliphatic rings. The molecule has 0 radical (unpaired) electrons. The summed E-state index contributed by atoms with van der Waals surface area (Å²) in [5.41, 5.74) is -2.23. The Hall–Kier alpha value is -2.36. The summed E-state index contributed by atoms with van der Waals surface area (Å²) in [6.45, 7) is 7.85. The summed E-state index contributed by atoms with van der Waals surface area (Å²) in [5.74, 6) is -1.47. The number of nitrogens with one attached hydrogen (secondary N) is 2. The summed E-state index contributed by atoms with van der Waals surface area (Å²) >= 11 is 0. The SMILES string of the molecule is C=N/C(OCC1CCOCC1)=C(\C=C/CC(=O)NC(CC)(CC)C(=O)NC)C(F)(F)F. The first kappa shape index (κ1) is 26.7. The maximum Gasteiger partial charge on any atom is 0.421 e. The summed E-state index contributed by atoms with van der Waals surface area (Å²) < 4.78 is 51.1. The quantitative estimate of drug-likeness (QED) is 0.289. The molecule has 176 valence electrons. The number of ether oxygens (including phenoxy) is 2. The van der Waals surface area contributed by atoms with Crippen molar-refractivity contribution in [2.24, 2.45) is 10.9 Å². The highest BCUT2D eigenvalue weighted by atomic mass is 19.4. The van der Waals surface area contributed by atoms with Crippen LogP contribution in [0.4, 0.5) is 13.2 Å². The van der Waals surface area contributed by atoms with Crippen molar-refractivity contribution in [3.8, 4) is 0 Å². The van der Waals surface area contributed by atoms with Crippen LogP contribution in [0.3, 0.4) is 0 Å². The van der Waals surface area contributed by atoms with E-state index in [0.717, 1.165) is 12.2 Å². The van der Waals surface area contributed by atoms with Gasteiger partial charge in [-0.25, -0.2) is 4.99 Å². The molecule has 10 heteroatoms. The van der Waals surface area contributed by atoms with E-state index in [0.29, 0.717) is 38.9 Å². The first-order valence-corrected chi connectivity index (χ1v) is 10.3. The van der Waals surface area contributed by atoms with Gasteiger partial charge in [-0.15, -0.1) is 0 Å². The van der Waals surface area contributed by atoms with Gasteiger partial charge in [-0.05, 0) is 44.4 Å². The molecule has 0 aromatic rings. The van der Waals surface area contributed by atoms with Crippen LogP contribution in [0, 0.1) is 5.92 Å². The Morgan fingerprint density at radius 3 is 2.32 bits per heavy atom. The van der Waals surface area contributed by atoms with E-state index in [4.69, 9.17) is 9.47 Å². The standard InChI is InChI=1S/C21H32F3N3O4/c1-5-20(6-2,19(29)26-4)27-17(28)9-7-8-16(21(22,23)24)18(25-3)31-14-15-10-12-30-13-11-15/h7-8,15H,3,5-6,9-14H2,1-2,4H3,(H,26,29)(H,27,28)/b8-7-,18-16-. The largest absolute Gasteiger partial charge is 0.477 e. The molecule has 1 aliphatic heterocycles. The van der Waals surface area contributed by atoms with E-state index in [-0.39, 0.29) is 24.9 Å². The zero-order chi connectivity index (χ0) is 23.5. The first-order valence-electron chi connectivity index (χ1n) is 10.3. The van der Waals surface area contributed by atoms with Crippen molar-refractivity contribution < 1.29 is 32.2 Å². The van der Waals surface area contributed by atoms with Crippen LogP contribution < -0.4 is 10.6 Å². The molecule has 1 fully saturated rings. The van der Waals surface area contributed by atoms with Crippen molar-refractivity contribution in [2.45, 2.75) is 57.7 Å². The van der Waals surface area contributed by atoms with Crippen LogP contribution in [-0.4, -0.2) is 57.1 Å². The van der Waals surface area contributed by atoms with E-state index in [2.05, 4.69) is 22.3 Å². The summed E-state index contributed by atoms with van der Waals surface area (Å²) in [6.07, 6.45) is -1.17. The molecule has 2 amide bonds. The molecule has 0 bridgehead atoms. The minimum absolute atomic E-state index is 0.0767. The van der Waals surface area contributed by atoms with Crippen molar-refractivity contribution >= 4 is 18.5 Å². The number of amides is 2. The van der Waals surface area contributed by atoms with E-state index in [1.54, 1.807) is 13.8 Å². The maximum atomic E-state index is 13.5. The van der Waals surface area contributed by atoms with Crippen molar-refractivity contribution in [2.75, 3.05) is 26.9 Å². The Balaban J connectivity index is 2.90. The fourth-order valence-corrected chi connectivity index (χ4v) is 3.25. The normalized spacial score (nSPS) is 16.6. The number of halogens is 3. The number of nitrogens with zero attached hydrogens (tertiary/aromatic N) is 1. The Kier molecular flexibility index (Phi) is 10.7. The Bertz CT molecular complexity index is 680. The third-order valence-corrected chi connectivity index (χ3v) is 5.31. The van der Waals surface area contributed by atoms with Crippen LogP contribution in [0.15, 0.2) is 28.6 Å². The van der Waals surface area contributed by atoms with Gasteiger partial charge < -0.3 is 20.1 Å². The minimum atomic E-state index is -4.74. The van der Waals surface area contributed by atoms with Crippen LogP contribution >= 0.6 is 0 Å². The van der Waals surface area contributed by atoms with Crippen LogP contribution in [0.5, 0.6) is 0 Å². The zero-order valence-corrected chi connectivity index (χ0v) is 18.3. The van der Waals surface area contributed by atoms with Crippen LogP contribution in [0.25, 0.3) is 0 Å². The molecule has 0 aromatic heterocycles. The van der Waals surface area contributed by atoms with Gasteiger partial charge in [-0.2, -0.15) is 13.2 Å². The highest BCUT2D eigenvalue weighted by molar-refractivity contribution is 5.91. The van der Waals surface area contributed by atoms with Gasteiger partial charge in [0, 0.05) is 26.7 Å². The van der Waals surface area contributed by atoms with Gasteiger partial charge in [-0.1, -0.05) is 19.9 Å². The summed E-state index contributed by atoms with van der Waals surface area (Å²) in [5, 5.41) is 5.13. The molecule has 2 N–H and O–H groups in total. The van der Waals surface area contributed by atoms with Gasteiger partial charge in [-0.3, -0.25) is 9.59 Å². The van der Waals surface area contributed by atoms with Gasteiger partial charge in [0.15, 0.2) is 0 Å². The molecule has 1 heterocycles. The summed E-state index contributed by atoms with van der Waals surface area (Å²) in [6, 6.07) is 0. The fourth-order valence-electron chi connectivity index (χ4n) is 3.25. The highest BCUT2D eigenvalue weighted by Gasteiger charge is 2.37. The topological polar surface area (TPSA) is 89.0 Å². The van der Waals surface area contributed by atoms with E-state index in [1.807, 2.05) is 0 Å². The Labute approximate surface area is 181 Å². The smallest absolute Gasteiger partial charge is 0.421 e. The molecule has 0 unspecified atom stereocenters. The molecule has 1 saturated heterocycles. The van der Waals surface area contributed by atoms with Crippen LogP contribution in [0.2, 0.25) is 0 Å². The number of hydrogen-bond donors (Lipinski definition) is 2. The second-order valence-electron chi connectivity index (χ2n) is 7.26. The zero-order valence-electron chi connectivity index (χ0n) is 18.3. The third-order valence-electron chi connectivity index (χ3n) is 5.31. The van der Waals surface area contributed by atoms with Gasteiger partial charge in [0.1, 0.15) is 11.1 Å². The molecule has 1 rings (SSSR count). The lowest BCUT2D eigenvalue weighted by Gasteiger charge is -2.30. The van der Waals surface area contributed by atoms with Crippen molar-refractivity contribution in [1.82, 2.24) is 10.6 Å². The second-order valence-corrected chi connectivity index (χ2v) is 7.26. The van der Waals surface area contributed by atoms with E-state index in [9.17, 15) is 22.8 Å². The van der Waals surface area contributed by atoms with E-state index >= 15 is 0 Å². The van der Waals surface area contributed by atoms with Crippen LogP contribution in [-0.2, 0) is 19.1 Å². The highest BCUT2D eigenvalue weighted by Crippen LogP contribution is 2.31. The molecular weight excluding hydrogens is 415 g/mol. The number of carbonyl (C=O) groups is 2. The Morgan fingerprint density at radius 2 is 1.84 bits per heavy atom. The molecule has 0 aromatic carbocycles. The van der Waals surface area contributed by atoms with Gasteiger partial charge in [0.2, 0.25) is 17.7 Å². The lowest BCUT2D eigenvalue weighted by Crippen LogP contribution is -2.57. The first-order chi connectivity index (χ1) is 14.6. The molecule has 31 heavy (non-hydrogen) atoms. The number of likely N-dealkylation sites (N-methyl/N-ethyl adjacent to an activating group) is 1. The van der Waals surface area contributed by atoms with Crippen molar-refractivity contribution in [1.29, 1.82) is 0 Å². The number of aliphatic imine (C=N–C) groups is 1. The van der Waals surface area contributed by atoms with Crippen LogP contribution in [0.1, 0.15) is 46.0 Å². The number of alkyl halides is 3.